The summed E-state index contributed by atoms with van der Waals surface area (Å²) in [6.45, 7) is 6.06. The predicted octanol–water partition coefficient (Wildman–Crippen LogP) is 5.43. The SMILES string of the molecule is C=C(Nc1cnnc(C)c1)c1cc2ccc(-c3nccc(Nc4ccc5[nH]ncc5c4)n3)cc2[nH]1. The van der Waals surface area contributed by atoms with Crippen LogP contribution >= 0.6 is 0 Å². The van der Waals surface area contributed by atoms with Crippen LogP contribution in [-0.2, 0) is 0 Å². The summed E-state index contributed by atoms with van der Waals surface area (Å²) >= 11 is 0. The van der Waals surface area contributed by atoms with Crippen molar-refractivity contribution in [1.29, 1.82) is 0 Å². The zero-order valence-corrected chi connectivity index (χ0v) is 18.9. The maximum atomic E-state index is 4.72. The number of aromatic nitrogens is 7. The Balaban J connectivity index is 1.25. The molecule has 2 aromatic carbocycles. The summed E-state index contributed by atoms with van der Waals surface area (Å²) in [6, 6.07) is 17.9. The third kappa shape index (κ3) is 4.18. The second-order valence-corrected chi connectivity index (χ2v) is 8.24. The number of rotatable bonds is 6. The minimum absolute atomic E-state index is 0.632. The topological polar surface area (TPSA) is 120 Å². The molecule has 4 aromatic heterocycles. The molecule has 35 heavy (non-hydrogen) atoms. The number of nitrogens with one attached hydrogen (secondary N) is 4. The van der Waals surface area contributed by atoms with Crippen LogP contribution in [0, 0.1) is 6.92 Å². The first-order valence-corrected chi connectivity index (χ1v) is 11.0. The van der Waals surface area contributed by atoms with Gasteiger partial charge in [0.25, 0.3) is 0 Å². The lowest BCUT2D eigenvalue weighted by atomic mass is 10.1. The van der Waals surface area contributed by atoms with Crippen molar-refractivity contribution in [3.63, 3.8) is 0 Å². The zero-order valence-electron chi connectivity index (χ0n) is 18.9. The minimum Gasteiger partial charge on any atom is -0.353 e. The van der Waals surface area contributed by atoms with Gasteiger partial charge in [0.05, 0.1) is 40.7 Å². The first-order valence-electron chi connectivity index (χ1n) is 11.0. The number of fused-ring (bicyclic) bond motifs is 2. The van der Waals surface area contributed by atoms with Gasteiger partial charge >= 0.3 is 0 Å². The van der Waals surface area contributed by atoms with Crippen LogP contribution in [0.5, 0.6) is 0 Å². The Morgan fingerprint density at radius 3 is 2.77 bits per heavy atom. The van der Waals surface area contributed by atoms with E-state index in [2.05, 4.69) is 53.6 Å². The highest BCUT2D eigenvalue weighted by atomic mass is 15.1. The van der Waals surface area contributed by atoms with Crippen molar-refractivity contribution in [3.8, 4) is 11.4 Å². The maximum Gasteiger partial charge on any atom is 0.161 e. The highest BCUT2D eigenvalue weighted by molar-refractivity contribution is 5.89. The molecule has 170 valence electrons. The fourth-order valence-corrected chi connectivity index (χ4v) is 3.95. The number of aromatic amines is 2. The standard InChI is InChI=1S/C26H21N9/c1-15-9-21(14-29-34-15)30-16(2)23-11-17-3-4-18(12-24(17)32-23)26-27-8-7-25(33-26)31-20-5-6-22-19(10-20)13-28-35-22/h3-14,32H,2H2,1H3,(H,28,35)(H,30,34)(H,27,31,33). The molecule has 0 aliphatic carbocycles. The molecule has 0 radical (unpaired) electrons. The molecule has 4 heterocycles. The van der Waals surface area contributed by atoms with Crippen LogP contribution in [0.1, 0.15) is 11.4 Å². The van der Waals surface area contributed by atoms with Crippen LogP contribution in [0.3, 0.4) is 0 Å². The Labute approximate surface area is 200 Å². The summed E-state index contributed by atoms with van der Waals surface area (Å²) in [7, 11) is 0. The van der Waals surface area contributed by atoms with E-state index in [0.29, 0.717) is 11.6 Å². The summed E-state index contributed by atoms with van der Waals surface area (Å²) in [4.78, 5) is 12.6. The van der Waals surface area contributed by atoms with Gasteiger partial charge in [0.1, 0.15) is 5.82 Å². The number of nitrogens with zero attached hydrogens (tertiary/aromatic N) is 5. The number of benzene rings is 2. The average molecular weight is 460 g/mol. The first kappa shape index (κ1) is 20.5. The quantitative estimate of drug-likeness (QED) is 0.262. The number of H-pyrrole nitrogens is 2. The van der Waals surface area contributed by atoms with Gasteiger partial charge in [0.2, 0.25) is 0 Å². The van der Waals surface area contributed by atoms with E-state index >= 15 is 0 Å². The van der Waals surface area contributed by atoms with Gasteiger partial charge in [-0.3, -0.25) is 5.10 Å². The molecule has 0 spiro atoms. The lowest BCUT2D eigenvalue weighted by Gasteiger charge is -2.08. The van der Waals surface area contributed by atoms with Crippen molar-refractivity contribution in [2.45, 2.75) is 6.92 Å². The van der Waals surface area contributed by atoms with Gasteiger partial charge in [-0.05, 0) is 49.4 Å². The molecule has 0 saturated heterocycles. The number of anilines is 3. The Kier molecular flexibility index (Phi) is 4.92. The zero-order chi connectivity index (χ0) is 23.8. The van der Waals surface area contributed by atoms with Crippen LogP contribution in [0.25, 0.3) is 38.9 Å². The lowest BCUT2D eigenvalue weighted by molar-refractivity contribution is 0.982. The lowest BCUT2D eigenvalue weighted by Crippen LogP contribution is -1.99. The molecule has 0 aliphatic rings. The third-order valence-electron chi connectivity index (χ3n) is 5.65. The average Bonchev–Trinajstić information content (AvgIpc) is 3.50. The number of hydrogen-bond donors (Lipinski definition) is 4. The van der Waals surface area contributed by atoms with Crippen molar-refractivity contribution >= 4 is 44.7 Å². The fraction of sp³-hybridized carbons (Fsp3) is 0.0385. The van der Waals surface area contributed by atoms with Crippen molar-refractivity contribution in [2.24, 2.45) is 0 Å². The molecule has 0 aliphatic heterocycles. The summed E-state index contributed by atoms with van der Waals surface area (Å²) in [5.74, 6) is 1.34. The van der Waals surface area contributed by atoms with E-state index < -0.39 is 0 Å². The third-order valence-corrected chi connectivity index (χ3v) is 5.65. The summed E-state index contributed by atoms with van der Waals surface area (Å²) < 4.78 is 0. The number of hydrogen-bond acceptors (Lipinski definition) is 7. The van der Waals surface area contributed by atoms with Crippen LogP contribution in [-0.4, -0.2) is 35.3 Å². The summed E-state index contributed by atoms with van der Waals surface area (Å²) in [5, 5.41) is 23.7. The summed E-state index contributed by atoms with van der Waals surface area (Å²) in [6.07, 6.45) is 5.22. The largest absolute Gasteiger partial charge is 0.353 e. The molecule has 6 aromatic rings. The van der Waals surface area contributed by atoms with Gasteiger partial charge in [-0.1, -0.05) is 18.7 Å². The van der Waals surface area contributed by atoms with E-state index in [-0.39, 0.29) is 0 Å². The second kappa shape index (κ2) is 8.38. The van der Waals surface area contributed by atoms with Crippen LogP contribution in [0.4, 0.5) is 17.2 Å². The Morgan fingerprint density at radius 2 is 1.86 bits per heavy atom. The normalized spacial score (nSPS) is 11.1. The molecule has 0 amide bonds. The molecule has 6 rings (SSSR count). The van der Waals surface area contributed by atoms with Gasteiger partial charge in [-0.25, -0.2) is 9.97 Å². The molecule has 0 bridgehead atoms. The Morgan fingerprint density at radius 1 is 0.914 bits per heavy atom. The van der Waals surface area contributed by atoms with E-state index in [9.17, 15) is 0 Å². The molecule has 0 unspecified atom stereocenters. The molecule has 4 N–H and O–H groups in total. The maximum absolute atomic E-state index is 4.72. The molecular formula is C26H21N9. The van der Waals surface area contributed by atoms with Gasteiger partial charge < -0.3 is 15.6 Å². The summed E-state index contributed by atoms with van der Waals surface area (Å²) in [5.41, 5.74) is 7.10. The van der Waals surface area contributed by atoms with E-state index in [1.807, 2.05) is 55.5 Å². The fourth-order valence-electron chi connectivity index (χ4n) is 3.95. The van der Waals surface area contributed by atoms with Crippen molar-refractivity contribution in [2.75, 3.05) is 10.6 Å². The van der Waals surface area contributed by atoms with Gasteiger partial charge in [-0.15, -0.1) is 0 Å². The molecular weight excluding hydrogens is 438 g/mol. The predicted molar refractivity (Wildman–Crippen MR) is 138 cm³/mol. The van der Waals surface area contributed by atoms with Crippen molar-refractivity contribution in [3.05, 3.63) is 91.2 Å². The van der Waals surface area contributed by atoms with Gasteiger partial charge in [0, 0.05) is 33.7 Å². The van der Waals surface area contributed by atoms with E-state index in [4.69, 9.17) is 4.98 Å². The number of aryl methyl sites for hydroxylation is 1. The molecule has 0 fully saturated rings. The Bertz CT molecular complexity index is 1700. The first-order chi connectivity index (χ1) is 17.1. The van der Waals surface area contributed by atoms with Crippen molar-refractivity contribution in [1.82, 2.24) is 35.3 Å². The Hall–Kier alpha value is -5.05. The van der Waals surface area contributed by atoms with Gasteiger partial charge in [-0.2, -0.15) is 15.3 Å². The van der Waals surface area contributed by atoms with Crippen LogP contribution in [0.2, 0.25) is 0 Å². The highest BCUT2D eigenvalue weighted by Crippen LogP contribution is 2.27. The second-order valence-electron chi connectivity index (χ2n) is 8.24. The van der Waals surface area contributed by atoms with E-state index in [0.717, 1.165) is 55.8 Å². The van der Waals surface area contributed by atoms with Crippen molar-refractivity contribution < 1.29 is 0 Å². The molecule has 0 saturated carbocycles. The molecule has 9 nitrogen and oxygen atoms in total. The highest BCUT2D eigenvalue weighted by Gasteiger charge is 2.09. The monoisotopic (exact) mass is 459 g/mol. The molecule has 9 heteroatoms. The minimum atomic E-state index is 0.632. The smallest absolute Gasteiger partial charge is 0.161 e. The molecule has 0 atom stereocenters. The van der Waals surface area contributed by atoms with E-state index in [1.54, 1.807) is 18.6 Å². The van der Waals surface area contributed by atoms with Gasteiger partial charge in [0.15, 0.2) is 5.82 Å². The van der Waals surface area contributed by atoms with Crippen LogP contribution < -0.4 is 10.6 Å². The van der Waals surface area contributed by atoms with Crippen LogP contribution in [0.15, 0.2) is 79.8 Å². The van der Waals surface area contributed by atoms with E-state index in [1.165, 1.54) is 0 Å².